The number of nitrogens with zero attached hydrogens (tertiary/aromatic N) is 2. The average Bonchev–Trinajstić information content (AvgIpc) is 3.10. The van der Waals surface area contributed by atoms with Crippen molar-refractivity contribution < 1.29 is 18.0 Å². The number of halogens is 4. The van der Waals surface area contributed by atoms with Gasteiger partial charge in [0.05, 0.1) is 28.2 Å². The molecule has 0 unspecified atom stereocenters. The van der Waals surface area contributed by atoms with Crippen LogP contribution in [0.2, 0.25) is 5.02 Å². The summed E-state index contributed by atoms with van der Waals surface area (Å²) in [4.78, 5) is 16.9. The topological polar surface area (TPSA) is 46.4 Å². The average molecular weight is 372 g/mol. The Bertz CT molecular complexity index is 930. The molecule has 4 nitrogen and oxygen atoms in total. The van der Waals surface area contributed by atoms with Crippen LogP contribution in [0, 0.1) is 0 Å². The van der Waals surface area contributed by atoms with E-state index in [-0.39, 0.29) is 10.7 Å². The normalized spacial score (nSPS) is 12.2. The first-order chi connectivity index (χ1) is 11.3. The van der Waals surface area contributed by atoms with Gasteiger partial charge in [-0.05, 0) is 24.3 Å². The highest BCUT2D eigenvalue weighted by molar-refractivity contribution is 7.15. The Kier molecular flexibility index (Phi) is 4.33. The van der Waals surface area contributed by atoms with Gasteiger partial charge in [-0.3, -0.25) is 9.20 Å². The van der Waals surface area contributed by atoms with Gasteiger partial charge in [-0.15, -0.1) is 11.3 Å². The number of aromatic nitrogens is 2. The lowest BCUT2D eigenvalue weighted by Gasteiger charge is -2.10. The Morgan fingerprint density at radius 1 is 1.38 bits per heavy atom. The molecule has 2 aromatic heterocycles. The van der Waals surface area contributed by atoms with Crippen LogP contribution in [-0.2, 0) is 11.0 Å². The Hall–Kier alpha value is -2.32. The molecule has 0 aliphatic heterocycles. The summed E-state index contributed by atoms with van der Waals surface area (Å²) >= 11 is 7.28. The fourth-order valence-electron chi connectivity index (χ4n) is 2.00. The molecule has 0 aliphatic carbocycles. The van der Waals surface area contributed by atoms with Gasteiger partial charge in [-0.25, -0.2) is 4.98 Å². The molecule has 24 heavy (non-hydrogen) atoms. The highest BCUT2D eigenvalue weighted by Crippen LogP contribution is 2.33. The summed E-state index contributed by atoms with van der Waals surface area (Å²) in [5.41, 5.74) is -0.311. The van der Waals surface area contributed by atoms with Gasteiger partial charge >= 0.3 is 6.18 Å². The molecule has 0 saturated carbocycles. The van der Waals surface area contributed by atoms with Gasteiger partial charge in [-0.1, -0.05) is 11.6 Å². The lowest BCUT2D eigenvalue weighted by atomic mass is 10.2. The maximum atomic E-state index is 12.7. The van der Waals surface area contributed by atoms with E-state index in [4.69, 9.17) is 11.6 Å². The summed E-state index contributed by atoms with van der Waals surface area (Å²) in [6.07, 6.45) is 1.60. The van der Waals surface area contributed by atoms with Crippen molar-refractivity contribution in [1.29, 1.82) is 0 Å². The number of hydrogen-bond acceptors (Lipinski definition) is 3. The molecule has 0 spiro atoms. The third-order valence-electron chi connectivity index (χ3n) is 3.13. The molecule has 0 fully saturated rings. The van der Waals surface area contributed by atoms with Crippen LogP contribution < -0.4 is 5.32 Å². The minimum Gasteiger partial charge on any atom is -0.321 e. The summed E-state index contributed by atoms with van der Waals surface area (Å²) < 4.78 is 39.9. The number of anilines is 1. The maximum absolute atomic E-state index is 12.7. The van der Waals surface area contributed by atoms with E-state index in [1.165, 1.54) is 23.5 Å². The predicted octanol–water partition coefficient (Wildman–Crippen LogP) is 4.72. The summed E-state index contributed by atoms with van der Waals surface area (Å²) in [6, 6.07) is 2.74. The SMILES string of the molecule is O=C(/C=C/c1cnc2sccn12)Nc1cc(C(F)(F)F)ccc1Cl. The molecular formula is C15H9ClF3N3OS. The number of fused-ring (bicyclic) bond motifs is 1. The van der Waals surface area contributed by atoms with Gasteiger partial charge in [0.2, 0.25) is 5.91 Å². The van der Waals surface area contributed by atoms with Crippen molar-refractivity contribution in [2.45, 2.75) is 6.18 Å². The largest absolute Gasteiger partial charge is 0.416 e. The lowest BCUT2D eigenvalue weighted by molar-refractivity contribution is -0.137. The van der Waals surface area contributed by atoms with E-state index in [0.29, 0.717) is 5.69 Å². The van der Waals surface area contributed by atoms with Gasteiger partial charge in [0.25, 0.3) is 0 Å². The van der Waals surface area contributed by atoms with Gasteiger partial charge in [0, 0.05) is 17.7 Å². The second-order valence-corrected chi connectivity index (χ2v) is 6.03. The fourth-order valence-corrected chi connectivity index (χ4v) is 2.86. The predicted molar refractivity (Wildman–Crippen MR) is 87.2 cm³/mol. The minimum atomic E-state index is -4.51. The van der Waals surface area contributed by atoms with Crippen molar-refractivity contribution in [3.8, 4) is 0 Å². The standard InChI is InChI=1S/C15H9ClF3N3OS/c16-11-3-1-9(15(17,18)19)7-12(11)21-13(23)4-2-10-8-20-14-22(10)5-6-24-14/h1-8H,(H,21,23)/b4-2+. The first-order valence-corrected chi connectivity index (χ1v) is 7.87. The summed E-state index contributed by atoms with van der Waals surface area (Å²) in [5, 5.41) is 4.21. The van der Waals surface area contributed by atoms with Crippen molar-refractivity contribution in [2.24, 2.45) is 0 Å². The maximum Gasteiger partial charge on any atom is 0.416 e. The molecule has 124 valence electrons. The molecule has 1 N–H and O–H groups in total. The third-order valence-corrected chi connectivity index (χ3v) is 4.23. The highest BCUT2D eigenvalue weighted by atomic mass is 35.5. The highest BCUT2D eigenvalue weighted by Gasteiger charge is 2.31. The summed E-state index contributed by atoms with van der Waals surface area (Å²) in [6.45, 7) is 0. The number of benzene rings is 1. The number of carbonyl (C=O) groups is 1. The smallest absolute Gasteiger partial charge is 0.321 e. The van der Waals surface area contributed by atoms with Crippen molar-refractivity contribution in [3.05, 3.63) is 58.3 Å². The lowest BCUT2D eigenvalue weighted by Crippen LogP contribution is -2.11. The zero-order valence-corrected chi connectivity index (χ0v) is 13.4. The van der Waals surface area contributed by atoms with Crippen LogP contribution in [-0.4, -0.2) is 15.3 Å². The summed E-state index contributed by atoms with van der Waals surface area (Å²) in [7, 11) is 0. The number of rotatable bonds is 3. The van der Waals surface area contributed by atoms with E-state index >= 15 is 0 Å². The van der Waals surface area contributed by atoms with Crippen molar-refractivity contribution >= 4 is 45.6 Å². The Labute approximate surface area is 143 Å². The molecule has 1 aromatic carbocycles. The zero-order chi connectivity index (χ0) is 17.3. The molecule has 1 amide bonds. The van der Waals surface area contributed by atoms with Gasteiger partial charge in [-0.2, -0.15) is 13.2 Å². The van der Waals surface area contributed by atoms with E-state index in [1.54, 1.807) is 16.8 Å². The first-order valence-electron chi connectivity index (χ1n) is 6.61. The number of hydrogen-bond donors (Lipinski definition) is 1. The van der Waals surface area contributed by atoms with Crippen LogP contribution in [0.5, 0.6) is 0 Å². The molecule has 3 rings (SSSR count). The van der Waals surface area contributed by atoms with Crippen LogP contribution in [0.3, 0.4) is 0 Å². The molecule has 9 heteroatoms. The first kappa shape index (κ1) is 16.5. The molecular weight excluding hydrogens is 363 g/mol. The third kappa shape index (κ3) is 3.44. The molecule has 0 bridgehead atoms. The monoisotopic (exact) mass is 371 g/mol. The number of imidazole rings is 1. The second kappa shape index (κ2) is 6.29. The van der Waals surface area contributed by atoms with E-state index < -0.39 is 17.6 Å². The van der Waals surface area contributed by atoms with E-state index in [2.05, 4.69) is 10.3 Å². The van der Waals surface area contributed by atoms with Crippen LogP contribution >= 0.6 is 22.9 Å². The van der Waals surface area contributed by atoms with E-state index in [1.807, 2.05) is 5.38 Å². The van der Waals surface area contributed by atoms with E-state index in [9.17, 15) is 18.0 Å². The Morgan fingerprint density at radius 3 is 2.92 bits per heavy atom. The van der Waals surface area contributed by atoms with Crippen molar-refractivity contribution in [2.75, 3.05) is 5.32 Å². The van der Waals surface area contributed by atoms with Crippen LogP contribution in [0.1, 0.15) is 11.3 Å². The van der Waals surface area contributed by atoms with Crippen LogP contribution in [0.15, 0.2) is 42.0 Å². The second-order valence-electron chi connectivity index (χ2n) is 4.75. The van der Waals surface area contributed by atoms with Gasteiger partial charge in [0.1, 0.15) is 0 Å². The molecule has 0 radical (unpaired) electrons. The van der Waals surface area contributed by atoms with Crippen molar-refractivity contribution in [3.63, 3.8) is 0 Å². The number of nitrogens with one attached hydrogen (secondary N) is 1. The molecule has 0 saturated heterocycles. The molecule has 0 aliphatic rings. The number of carbonyl (C=O) groups excluding carboxylic acids is 1. The Balaban J connectivity index is 1.77. The molecule has 0 atom stereocenters. The summed E-state index contributed by atoms with van der Waals surface area (Å²) in [5.74, 6) is -0.596. The number of alkyl halides is 3. The molecule has 2 heterocycles. The fraction of sp³-hybridized carbons (Fsp3) is 0.0667. The van der Waals surface area contributed by atoms with Gasteiger partial charge in [0.15, 0.2) is 4.96 Å². The Morgan fingerprint density at radius 2 is 2.17 bits per heavy atom. The molecule has 3 aromatic rings. The van der Waals surface area contributed by atoms with Crippen LogP contribution in [0.25, 0.3) is 11.0 Å². The zero-order valence-electron chi connectivity index (χ0n) is 11.8. The van der Waals surface area contributed by atoms with Gasteiger partial charge < -0.3 is 5.32 Å². The van der Waals surface area contributed by atoms with Crippen molar-refractivity contribution in [1.82, 2.24) is 9.38 Å². The quantitative estimate of drug-likeness (QED) is 0.677. The number of amides is 1. The van der Waals surface area contributed by atoms with E-state index in [0.717, 1.165) is 23.2 Å². The number of thiazole rings is 1. The van der Waals surface area contributed by atoms with Crippen LogP contribution in [0.4, 0.5) is 18.9 Å². The minimum absolute atomic E-state index is 0.0225.